The molecule has 1 aliphatic rings. The van der Waals surface area contributed by atoms with Crippen molar-refractivity contribution >= 4 is 23.6 Å². The molecule has 0 aliphatic heterocycles. The molecular formula is C30H41N3O5. The van der Waals surface area contributed by atoms with Crippen LogP contribution in [0.15, 0.2) is 42.5 Å². The maximum Gasteiger partial charge on any atom is 0.408 e. The molecule has 0 aromatic heterocycles. The number of phenolic OH excluding ortho intramolecular Hbond substituents is 1. The molecule has 0 spiro atoms. The minimum atomic E-state index is -1.09. The third-order valence-corrected chi connectivity index (χ3v) is 6.38. The van der Waals surface area contributed by atoms with E-state index in [0.717, 1.165) is 18.4 Å². The molecule has 1 saturated carbocycles. The van der Waals surface area contributed by atoms with Gasteiger partial charge in [0, 0.05) is 17.3 Å². The second-order valence-corrected chi connectivity index (χ2v) is 11.5. The number of aryl methyl sites for hydroxylation is 2. The van der Waals surface area contributed by atoms with Crippen LogP contribution in [0.1, 0.15) is 76.6 Å². The van der Waals surface area contributed by atoms with Crippen LogP contribution in [0, 0.1) is 19.8 Å². The lowest BCUT2D eigenvalue weighted by Gasteiger charge is -2.35. The topological polar surface area (TPSA) is 108 Å². The highest BCUT2D eigenvalue weighted by molar-refractivity contribution is 6.00. The summed E-state index contributed by atoms with van der Waals surface area (Å²) in [5.41, 5.74) is 1.72. The number of rotatable bonds is 9. The van der Waals surface area contributed by atoms with E-state index in [4.69, 9.17) is 4.74 Å². The molecule has 2 aromatic carbocycles. The van der Waals surface area contributed by atoms with Crippen LogP contribution in [0.25, 0.3) is 0 Å². The first-order valence-electron chi connectivity index (χ1n) is 13.2. The summed E-state index contributed by atoms with van der Waals surface area (Å²) in [4.78, 5) is 42.4. The van der Waals surface area contributed by atoms with Crippen LogP contribution in [0.3, 0.4) is 0 Å². The number of ether oxygens (including phenoxy) is 1. The molecule has 1 fully saturated rings. The standard InChI is InChI=1S/C30H41N3O5/c1-18(2)17-24(32-29(37)38-30(5,6)7)28(36)33(21-15-16-21)25(22-13-10-12-20(4)26(22)34)27(35)31-23-14-9-8-11-19(23)3/h8-14,18,21,24-25,34H,15-17H2,1-7H3,(H,31,35)(H,32,37). The summed E-state index contributed by atoms with van der Waals surface area (Å²) >= 11 is 0. The van der Waals surface area contributed by atoms with E-state index in [1.165, 1.54) is 0 Å². The Balaban J connectivity index is 2.04. The fraction of sp³-hybridized carbons (Fsp3) is 0.500. The number of anilines is 1. The number of hydrogen-bond acceptors (Lipinski definition) is 5. The van der Waals surface area contributed by atoms with Crippen molar-refractivity contribution in [3.63, 3.8) is 0 Å². The number of nitrogens with one attached hydrogen (secondary N) is 2. The third kappa shape index (κ3) is 7.49. The van der Waals surface area contributed by atoms with E-state index in [9.17, 15) is 19.5 Å². The zero-order valence-corrected chi connectivity index (χ0v) is 23.5. The lowest BCUT2D eigenvalue weighted by atomic mass is 9.97. The van der Waals surface area contributed by atoms with Gasteiger partial charge in [0.1, 0.15) is 23.4 Å². The molecule has 206 valence electrons. The van der Waals surface area contributed by atoms with Crippen LogP contribution in [-0.2, 0) is 14.3 Å². The van der Waals surface area contributed by atoms with E-state index in [1.807, 2.05) is 39.0 Å². The highest BCUT2D eigenvalue weighted by Gasteiger charge is 2.45. The minimum Gasteiger partial charge on any atom is -0.507 e. The Bertz CT molecular complexity index is 1170. The first-order valence-corrected chi connectivity index (χ1v) is 13.2. The molecule has 1 aliphatic carbocycles. The van der Waals surface area contributed by atoms with Crippen LogP contribution >= 0.6 is 0 Å². The Kier molecular flexibility index (Phi) is 9.07. The minimum absolute atomic E-state index is 0.0311. The average Bonchev–Trinajstić information content (AvgIpc) is 3.64. The van der Waals surface area contributed by atoms with Gasteiger partial charge in [0.25, 0.3) is 5.91 Å². The largest absolute Gasteiger partial charge is 0.507 e. The van der Waals surface area contributed by atoms with Gasteiger partial charge in [0.05, 0.1) is 0 Å². The molecule has 3 amide bonds. The SMILES string of the molecule is Cc1ccccc1NC(=O)C(c1cccc(C)c1O)N(C(=O)C(CC(C)C)NC(=O)OC(C)(C)C)C1CC1. The maximum absolute atomic E-state index is 14.2. The predicted molar refractivity (Wildman–Crippen MR) is 148 cm³/mol. The summed E-state index contributed by atoms with van der Waals surface area (Å²) in [6.45, 7) is 12.9. The number of nitrogens with zero attached hydrogens (tertiary/aromatic N) is 1. The summed E-state index contributed by atoms with van der Waals surface area (Å²) in [6, 6.07) is 10.4. The molecule has 0 radical (unpaired) electrons. The molecule has 8 heteroatoms. The van der Waals surface area contributed by atoms with E-state index in [2.05, 4.69) is 10.6 Å². The van der Waals surface area contributed by atoms with Gasteiger partial charge < -0.3 is 25.4 Å². The summed E-state index contributed by atoms with van der Waals surface area (Å²) in [7, 11) is 0. The highest BCUT2D eigenvalue weighted by Crippen LogP contribution is 2.40. The van der Waals surface area contributed by atoms with Crippen molar-refractivity contribution in [2.24, 2.45) is 5.92 Å². The quantitative estimate of drug-likeness (QED) is 0.395. The average molecular weight is 524 g/mol. The first-order chi connectivity index (χ1) is 17.8. The Labute approximate surface area is 225 Å². The van der Waals surface area contributed by atoms with Crippen LogP contribution in [-0.4, -0.2) is 45.6 Å². The number of benzene rings is 2. The first kappa shape index (κ1) is 29.0. The second kappa shape index (κ2) is 11.9. The molecule has 0 saturated heterocycles. The molecule has 2 unspecified atom stereocenters. The van der Waals surface area contributed by atoms with Crippen LogP contribution < -0.4 is 10.6 Å². The summed E-state index contributed by atoms with van der Waals surface area (Å²) < 4.78 is 5.44. The number of para-hydroxylation sites is 2. The number of hydrogen-bond donors (Lipinski definition) is 3. The van der Waals surface area contributed by atoms with Crippen molar-refractivity contribution in [3.05, 3.63) is 59.2 Å². The van der Waals surface area contributed by atoms with Crippen molar-refractivity contribution in [1.29, 1.82) is 0 Å². The molecule has 3 rings (SSSR count). The van der Waals surface area contributed by atoms with Gasteiger partial charge >= 0.3 is 6.09 Å². The molecule has 3 N–H and O–H groups in total. The van der Waals surface area contributed by atoms with E-state index in [0.29, 0.717) is 23.2 Å². The fourth-order valence-electron chi connectivity index (χ4n) is 4.43. The molecule has 38 heavy (non-hydrogen) atoms. The monoisotopic (exact) mass is 523 g/mol. The van der Waals surface area contributed by atoms with Gasteiger partial charge in [-0.25, -0.2) is 4.79 Å². The molecule has 8 nitrogen and oxygen atoms in total. The van der Waals surface area contributed by atoms with E-state index in [1.54, 1.807) is 56.9 Å². The summed E-state index contributed by atoms with van der Waals surface area (Å²) in [5.74, 6) is -0.748. The van der Waals surface area contributed by atoms with Gasteiger partial charge in [-0.2, -0.15) is 0 Å². The number of carbonyl (C=O) groups excluding carboxylic acids is 3. The number of amides is 3. The van der Waals surface area contributed by atoms with Gasteiger partial charge in [-0.15, -0.1) is 0 Å². The number of alkyl carbamates (subject to hydrolysis) is 1. The Hall–Kier alpha value is -3.55. The Morgan fingerprint density at radius 1 is 1.03 bits per heavy atom. The Morgan fingerprint density at radius 2 is 1.66 bits per heavy atom. The fourth-order valence-corrected chi connectivity index (χ4v) is 4.43. The normalized spacial score (nSPS) is 14.9. The van der Waals surface area contributed by atoms with Crippen molar-refractivity contribution < 1.29 is 24.2 Å². The number of aromatic hydroxyl groups is 1. The number of phenols is 1. The lowest BCUT2D eigenvalue weighted by Crippen LogP contribution is -2.53. The van der Waals surface area contributed by atoms with Crippen LogP contribution in [0.2, 0.25) is 0 Å². The zero-order chi connectivity index (χ0) is 28.2. The van der Waals surface area contributed by atoms with Gasteiger partial charge in [0.2, 0.25) is 5.91 Å². The van der Waals surface area contributed by atoms with E-state index in [-0.39, 0.29) is 23.6 Å². The second-order valence-electron chi connectivity index (χ2n) is 11.5. The van der Waals surface area contributed by atoms with Crippen molar-refractivity contribution in [1.82, 2.24) is 10.2 Å². The zero-order valence-electron chi connectivity index (χ0n) is 23.5. The molecular weight excluding hydrogens is 482 g/mol. The molecule has 2 atom stereocenters. The van der Waals surface area contributed by atoms with E-state index < -0.39 is 29.7 Å². The summed E-state index contributed by atoms with van der Waals surface area (Å²) in [6.07, 6.45) is 1.14. The Morgan fingerprint density at radius 3 is 2.24 bits per heavy atom. The molecule has 0 heterocycles. The third-order valence-electron chi connectivity index (χ3n) is 6.38. The maximum atomic E-state index is 14.2. The van der Waals surface area contributed by atoms with Gasteiger partial charge in [-0.05, 0) is 77.0 Å². The van der Waals surface area contributed by atoms with Crippen LogP contribution in [0.4, 0.5) is 10.5 Å². The molecule has 2 aromatic rings. The van der Waals surface area contributed by atoms with Crippen molar-refractivity contribution in [2.45, 2.75) is 91.5 Å². The van der Waals surface area contributed by atoms with Gasteiger partial charge in [-0.1, -0.05) is 50.2 Å². The summed E-state index contributed by atoms with van der Waals surface area (Å²) in [5, 5.41) is 16.7. The lowest BCUT2D eigenvalue weighted by molar-refractivity contribution is -0.141. The number of carbonyl (C=O) groups is 3. The molecule has 0 bridgehead atoms. The van der Waals surface area contributed by atoms with Crippen molar-refractivity contribution in [3.8, 4) is 5.75 Å². The highest BCUT2D eigenvalue weighted by atomic mass is 16.6. The van der Waals surface area contributed by atoms with Crippen LogP contribution in [0.5, 0.6) is 5.75 Å². The predicted octanol–water partition coefficient (Wildman–Crippen LogP) is 5.62. The van der Waals surface area contributed by atoms with Gasteiger partial charge in [0.15, 0.2) is 0 Å². The van der Waals surface area contributed by atoms with Gasteiger partial charge in [-0.3, -0.25) is 9.59 Å². The smallest absolute Gasteiger partial charge is 0.408 e. The van der Waals surface area contributed by atoms with E-state index >= 15 is 0 Å². The van der Waals surface area contributed by atoms with Crippen molar-refractivity contribution in [2.75, 3.05) is 5.32 Å².